The van der Waals surface area contributed by atoms with E-state index in [-0.39, 0.29) is 24.6 Å². The van der Waals surface area contributed by atoms with E-state index >= 15 is 0 Å². The van der Waals surface area contributed by atoms with E-state index in [1.165, 1.54) is 17.0 Å². The third-order valence-corrected chi connectivity index (χ3v) is 4.30. The Balaban J connectivity index is 0.00000300. The molecule has 3 rings (SSSR count). The molecule has 3 aromatic rings. The average molecular weight is 456 g/mol. The number of halogens is 3. The molecule has 0 fully saturated rings. The third kappa shape index (κ3) is 5.63. The Morgan fingerprint density at radius 2 is 1.97 bits per heavy atom. The minimum Gasteiger partial charge on any atom is -0.482 e. The van der Waals surface area contributed by atoms with Crippen molar-refractivity contribution in [2.75, 3.05) is 6.61 Å². The molecule has 10 heteroatoms. The number of H-pyrrole nitrogens is 1. The lowest BCUT2D eigenvalue weighted by molar-refractivity contribution is -0.123. The number of aryl methyl sites for hydroxylation is 1. The van der Waals surface area contributed by atoms with E-state index in [0.29, 0.717) is 32.7 Å². The number of ether oxygens (including phenoxy) is 1. The fourth-order valence-corrected chi connectivity index (χ4v) is 2.87. The Bertz CT molecular complexity index is 1080. The highest BCUT2D eigenvalue weighted by Gasteiger charge is 2.11. The first-order valence-electron chi connectivity index (χ1n) is 8.22. The number of carbonyl (C=O) groups is 1. The Morgan fingerprint density at radius 1 is 1.24 bits per heavy atom. The van der Waals surface area contributed by atoms with Gasteiger partial charge in [0.2, 0.25) is 0 Å². The number of carbonyl (C=O) groups excluding carboxylic acids is 1. The molecular formula is C19H17Cl3N4O3. The van der Waals surface area contributed by atoms with Gasteiger partial charge in [0.1, 0.15) is 5.75 Å². The van der Waals surface area contributed by atoms with Crippen molar-refractivity contribution in [3.63, 3.8) is 0 Å². The van der Waals surface area contributed by atoms with Crippen LogP contribution in [-0.4, -0.2) is 28.5 Å². The predicted octanol–water partition coefficient (Wildman–Crippen LogP) is 3.73. The van der Waals surface area contributed by atoms with Gasteiger partial charge in [-0.05, 0) is 37.3 Å². The van der Waals surface area contributed by atoms with E-state index < -0.39 is 5.91 Å². The summed E-state index contributed by atoms with van der Waals surface area (Å²) in [5.41, 5.74) is 3.70. The molecule has 152 valence electrons. The Morgan fingerprint density at radius 3 is 2.66 bits per heavy atom. The summed E-state index contributed by atoms with van der Waals surface area (Å²) < 4.78 is 6.72. The zero-order chi connectivity index (χ0) is 20.1. The fourth-order valence-electron chi connectivity index (χ4n) is 2.41. The van der Waals surface area contributed by atoms with Crippen molar-refractivity contribution in [2.45, 2.75) is 6.92 Å². The molecule has 0 bridgehead atoms. The Labute approximate surface area is 182 Å². The SMILES string of the molecule is Cc1[nH]n(-c2ccccc2)c(=O)c1C=NNC(=O)COc1ccc(Cl)cc1Cl.Cl. The van der Waals surface area contributed by atoms with Crippen LogP contribution in [0.1, 0.15) is 11.3 Å². The predicted molar refractivity (Wildman–Crippen MR) is 116 cm³/mol. The highest BCUT2D eigenvalue weighted by molar-refractivity contribution is 6.35. The first-order chi connectivity index (χ1) is 13.5. The summed E-state index contributed by atoms with van der Waals surface area (Å²) in [5.74, 6) is -0.170. The van der Waals surface area contributed by atoms with Gasteiger partial charge < -0.3 is 4.74 Å². The minimum absolute atomic E-state index is 0. The highest BCUT2D eigenvalue weighted by atomic mass is 35.5. The minimum atomic E-state index is -0.501. The van der Waals surface area contributed by atoms with Crippen LogP contribution in [0, 0.1) is 6.92 Å². The Hall–Kier alpha value is -2.74. The monoisotopic (exact) mass is 454 g/mol. The molecule has 0 saturated heterocycles. The molecule has 29 heavy (non-hydrogen) atoms. The highest BCUT2D eigenvalue weighted by Crippen LogP contribution is 2.27. The van der Waals surface area contributed by atoms with Gasteiger partial charge in [0.25, 0.3) is 11.5 Å². The van der Waals surface area contributed by atoms with Gasteiger partial charge in [0.15, 0.2) is 6.61 Å². The van der Waals surface area contributed by atoms with Gasteiger partial charge in [0.05, 0.1) is 22.5 Å². The number of aromatic nitrogens is 2. The van der Waals surface area contributed by atoms with E-state index in [1.807, 2.05) is 18.2 Å². The molecule has 2 N–H and O–H groups in total. The van der Waals surface area contributed by atoms with Crippen molar-refractivity contribution in [2.24, 2.45) is 5.10 Å². The second kappa shape index (κ2) is 10.2. The van der Waals surface area contributed by atoms with Gasteiger partial charge in [-0.2, -0.15) is 5.10 Å². The van der Waals surface area contributed by atoms with Crippen LogP contribution in [0.4, 0.5) is 0 Å². The van der Waals surface area contributed by atoms with E-state index in [4.69, 9.17) is 27.9 Å². The fraction of sp³-hybridized carbons (Fsp3) is 0.105. The summed E-state index contributed by atoms with van der Waals surface area (Å²) >= 11 is 11.8. The van der Waals surface area contributed by atoms with E-state index in [1.54, 1.807) is 31.2 Å². The number of hydrogen-bond acceptors (Lipinski definition) is 4. The number of hydrogen-bond donors (Lipinski definition) is 2. The van der Waals surface area contributed by atoms with Crippen LogP contribution in [0.15, 0.2) is 58.4 Å². The maximum atomic E-state index is 12.5. The number of nitrogens with one attached hydrogen (secondary N) is 2. The van der Waals surface area contributed by atoms with Gasteiger partial charge in [-0.3, -0.25) is 14.7 Å². The average Bonchev–Trinajstić information content (AvgIpc) is 2.96. The Kier molecular flexibility index (Phi) is 7.90. The van der Waals surface area contributed by atoms with Gasteiger partial charge in [-0.15, -0.1) is 12.4 Å². The van der Waals surface area contributed by atoms with Crippen LogP contribution in [0.5, 0.6) is 5.75 Å². The first kappa shape index (κ1) is 22.5. The summed E-state index contributed by atoms with van der Waals surface area (Å²) in [7, 11) is 0. The third-order valence-electron chi connectivity index (χ3n) is 3.77. The van der Waals surface area contributed by atoms with Gasteiger partial charge in [-0.1, -0.05) is 41.4 Å². The van der Waals surface area contributed by atoms with Crippen molar-refractivity contribution >= 4 is 47.7 Å². The molecule has 0 atom stereocenters. The molecule has 1 heterocycles. The van der Waals surface area contributed by atoms with Crippen LogP contribution >= 0.6 is 35.6 Å². The molecule has 0 spiro atoms. The smallest absolute Gasteiger partial charge is 0.280 e. The van der Waals surface area contributed by atoms with Crippen molar-refractivity contribution in [1.82, 2.24) is 15.2 Å². The number of nitrogens with zero attached hydrogens (tertiary/aromatic N) is 2. The molecule has 0 aliphatic rings. The number of benzene rings is 2. The van der Waals surface area contributed by atoms with Crippen molar-refractivity contribution in [3.05, 3.63) is 80.2 Å². The molecule has 2 aromatic carbocycles. The van der Waals surface area contributed by atoms with Crippen LogP contribution in [0.25, 0.3) is 5.69 Å². The molecular weight excluding hydrogens is 439 g/mol. The molecule has 0 aliphatic heterocycles. The molecule has 1 amide bonds. The molecule has 0 aliphatic carbocycles. The lowest BCUT2D eigenvalue weighted by Gasteiger charge is -2.06. The quantitative estimate of drug-likeness (QED) is 0.438. The van der Waals surface area contributed by atoms with Crippen molar-refractivity contribution in [1.29, 1.82) is 0 Å². The number of aromatic amines is 1. The van der Waals surface area contributed by atoms with E-state index in [2.05, 4.69) is 15.6 Å². The summed E-state index contributed by atoms with van der Waals surface area (Å²) in [4.78, 5) is 24.4. The maximum absolute atomic E-state index is 12.5. The van der Waals surface area contributed by atoms with E-state index in [0.717, 1.165) is 0 Å². The number of para-hydroxylation sites is 1. The van der Waals surface area contributed by atoms with Crippen LogP contribution < -0.4 is 15.7 Å². The maximum Gasteiger partial charge on any atom is 0.280 e. The number of amides is 1. The molecule has 7 nitrogen and oxygen atoms in total. The van der Waals surface area contributed by atoms with Crippen molar-refractivity contribution in [3.8, 4) is 11.4 Å². The van der Waals surface area contributed by atoms with Crippen LogP contribution in [-0.2, 0) is 4.79 Å². The number of rotatable bonds is 6. The molecule has 0 saturated carbocycles. The molecule has 0 radical (unpaired) electrons. The standard InChI is InChI=1S/C19H16Cl2N4O3.ClH/c1-12-15(19(27)25(24-12)14-5-3-2-4-6-14)10-22-23-18(26)11-28-17-8-7-13(20)9-16(17)21;/h2-10,24H,11H2,1H3,(H,23,26);1H. The van der Waals surface area contributed by atoms with E-state index in [9.17, 15) is 9.59 Å². The lowest BCUT2D eigenvalue weighted by Crippen LogP contribution is -2.25. The second-order valence-corrected chi connectivity index (χ2v) is 6.63. The van der Waals surface area contributed by atoms with Gasteiger partial charge >= 0.3 is 0 Å². The lowest BCUT2D eigenvalue weighted by atomic mass is 10.3. The molecule has 1 aromatic heterocycles. The van der Waals surface area contributed by atoms with Crippen LogP contribution in [0.3, 0.4) is 0 Å². The van der Waals surface area contributed by atoms with Gasteiger partial charge in [0, 0.05) is 10.7 Å². The first-order valence-corrected chi connectivity index (χ1v) is 8.98. The molecule has 0 unspecified atom stereocenters. The zero-order valence-electron chi connectivity index (χ0n) is 15.2. The summed E-state index contributed by atoms with van der Waals surface area (Å²) in [6, 6.07) is 13.8. The largest absolute Gasteiger partial charge is 0.482 e. The van der Waals surface area contributed by atoms with Gasteiger partial charge in [-0.25, -0.2) is 10.1 Å². The zero-order valence-corrected chi connectivity index (χ0v) is 17.5. The second-order valence-electron chi connectivity index (χ2n) is 5.78. The summed E-state index contributed by atoms with van der Waals surface area (Å²) in [6.45, 7) is 1.45. The van der Waals surface area contributed by atoms with Crippen LogP contribution in [0.2, 0.25) is 10.0 Å². The summed E-state index contributed by atoms with van der Waals surface area (Å²) in [5, 5.41) is 7.57. The topological polar surface area (TPSA) is 88.5 Å². The number of hydrazone groups is 1. The normalized spacial score (nSPS) is 10.6. The summed E-state index contributed by atoms with van der Waals surface area (Å²) in [6.07, 6.45) is 1.29. The van der Waals surface area contributed by atoms with Crippen molar-refractivity contribution < 1.29 is 9.53 Å².